The molecular weight excluding hydrogens is 356 g/mol. The number of benzene rings is 2. The van der Waals surface area contributed by atoms with Gasteiger partial charge in [-0.05, 0) is 36.1 Å². The molecule has 2 aliphatic heterocycles. The minimum absolute atomic E-state index is 0.192. The minimum atomic E-state index is -0.618. The molecule has 0 aliphatic carbocycles. The quantitative estimate of drug-likeness (QED) is 0.812. The van der Waals surface area contributed by atoms with Gasteiger partial charge in [-0.3, -0.25) is 19.7 Å². The molecule has 6 nitrogen and oxygen atoms in total. The summed E-state index contributed by atoms with van der Waals surface area (Å²) >= 11 is 0. The van der Waals surface area contributed by atoms with Crippen molar-refractivity contribution in [1.82, 2.24) is 10.2 Å². The fraction of sp³-hybridized carbons (Fsp3) is 0.318. The summed E-state index contributed by atoms with van der Waals surface area (Å²) in [6, 6.07) is 13.0. The Morgan fingerprint density at radius 2 is 1.82 bits per heavy atom. The van der Waals surface area contributed by atoms with E-state index in [-0.39, 0.29) is 18.2 Å². The van der Waals surface area contributed by atoms with Crippen LogP contribution in [-0.2, 0) is 29.2 Å². The molecule has 3 amide bonds. The third-order valence-corrected chi connectivity index (χ3v) is 5.36. The van der Waals surface area contributed by atoms with Crippen LogP contribution in [0.4, 0.5) is 0 Å². The monoisotopic (exact) mass is 378 g/mol. The van der Waals surface area contributed by atoms with Crippen LogP contribution in [0.3, 0.4) is 0 Å². The third-order valence-electron chi connectivity index (χ3n) is 5.36. The summed E-state index contributed by atoms with van der Waals surface area (Å²) in [6.45, 7) is 2.84. The predicted octanol–water partition coefficient (Wildman–Crippen LogP) is 2.59. The highest BCUT2D eigenvalue weighted by Crippen LogP contribution is 2.33. The van der Waals surface area contributed by atoms with E-state index in [1.54, 1.807) is 12.1 Å². The van der Waals surface area contributed by atoms with E-state index in [0.717, 1.165) is 17.5 Å². The lowest BCUT2D eigenvalue weighted by Gasteiger charge is -2.29. The number of hydrogen-bond acceptors (Lipinski definition) is 4. The molecule has 0 spiro atoms. The van der Waals surface area contributed by atoms with Crippen molar-refractivity contribution < 1.29 is 19.1 Å². The number of ether oxygens (including phenoxy) is 1. The molecule has 1 saturated heterocycles. The van der Waals surface area contributed by atoms with Crippen molar-refractivity contribution in [3.63, 3.8) is 0 Å². The summed E-state index contributed by atoms with van der Waals surface area (Å²) < 4.78 is 6.00. The molecule has 6 heteroatoms. The molecule has 0 aromatic heterocycles. The number of imide groups is 1. The first kappa shape index (κ1) is 18.2. The first-order valence-electron chi connectivity index (χ1n) is 9.54. The Morgan fingerprint density at radius 1 is 1.07 bits per heavy atom. The van der Waals surface area contributed by atoms with Gasteiger partial charge in [0.15, 0.2) is 0 Å². The van der Waals surface area contributed by atoms with Crippen molar-refractivity contribution in [2.24, 2.45) is 0 Å². The van der Waals surface area contributed by atoms with Gasteiger partial charge in [-0.25, -0.2) is 0 Å². The van der Waals surface area contributed by atoms with Gasteiger partial charge in [0.05, 0.1) is 6.54 Å². The van der Waals surface area contributed by atoms with Crippen LogP contribution in [-0.4, -0.2) is 28.7 Å². The van der Waals surface area contributed by atoms with Crippen LogP contribution < -0.4 is 10.1 Å². The molecule has 2 aromatic rings. The van der Waals surface area contributed by atoms with E-state index >= 15 is 0 Å². The Balaban J connectivity index is 1.50. The van der Waals surface area contributed by atoms with Crippen molar-refractivity contribution in [3.05, 3.63) is 64.7 Å². The zero-order valence-electron chi connectivity index (χ0n) is 15.7. The Morgan fingerprint density at radius 3 is 2.54 bits per heavy atom. The van der Waals surface area contributed by atoms with E-state index in [1.807, 2.05) is 18.2 Å². The summed E-state index contributed by atoms with van der Waals surface area (Å²) in [5.74, 6) is -0.234. The second-order valence-electron chi connectivity index (χ2n) is 7.14. The van der Waals surface area contributed by atoms with Crippen LogP contribution in [0.25, 0.3) is 0 Å². The van der Waals surface area contributed by atoms with Gasteiger partial charge >= 0.3 is 0 Å². The number of carbonyl (C=O) groups is 3. The zero-order valence-corrected chi connectivity index (χ0v) is 15.7. The smallest absolute Gasteiger partial charge is 0.255 e. The van der Waals surface area contributed by atoms with Crippen molar-refractivity contribution in [3.8, 4) is 5.75 Å². The summed E-state index contributed by atoms with van der Waals surface area (Å²) in [6.07, 6.45) is 1.59. The van der Waals surface area contributed by atoms with Crippen LogP contribution >= 0.6 is 0 Å². The molecule has 0 radical (unpaired) electrons. The first-order chi connectivity index (χ1) is 13.6. The molecule has 0 saturated carbocycles. The van der Waals surface area contributed by atoms with E-state index in [0.29, 0.717) is 30.9 Å². The van der Waals surface area contributed by atoms with Crippen molar-refractivity contribution >= 4 is 17.7 Å². The fourth-order valence-corrected chi connectivity index (χ4v) is 3.72. The molecule has 28 heavy (non-hydrogen) atoms. The number of fused-ring (bicyclic) bond motifs is 1. The Labute approximate surface area is 163 Å². The molecule has 2 aliphatic rings. The normalized spacial score (nSPS) is 18.8. The van der Waals surface area contributed by atoms with E-state index in [4.69, 9.17) is 4.74 Å². The Bertz CT molecular complexity index is 936. The molecule has 1 fully saturated rings. The van der Waals surface area contributed by atoms with Gasteiger partial charge in [-0.2, -0.15) is 0 Å². The average Bonchev–Trinajstić information content (AvgIpc) is 3.04. The molecule has 1 atom stereocenters. The SMILES string of the molecule is CCc1ccc(COc2cccc3c2CN([C@H]2CCC(=O)NC2=O)C3=O)cc1. The van der Waals surface area contributed by atoms with Gasteiger partial charge in [0.2, 0.25) is 11.8 Å². The average molecular weight is 378 g/mol. The maximum absolute atomic E-state index is 12.8. The predicted molar refractivity (Wildman–Crippen MR) is 103 cm³/mol. The van der Waals surface area contributed by atoms with Crippen molar-refractivity contribution in [2.75, 3.05) is 0 Å². The van der Waals surface area contributed by atoms with Crippen LogP contribution in [0.1, 0.15) is 46.8 Å². The fourth-order valence-electron chi connectivity index (χ4n) is 3.72. The van der Waals surface area contributed by atoms with Gasteiger partial charge in [0, 0.05) is 17.5 Å². The van der Waals surface area contributed by atoms with Crippen LogP contribution in [0.2, 0.25) is 0 Å². The second-order valence-corrected chi connectivity index (χ2v) is 7.14. The minimum Gasteiger partial charge on any atom is -0.489 e. The number of nitrogens with one attached hydrogen (secondary N) is 1. The van der Waals surface area contributed by atoms with Gasteiger partial charge in [0.1, 0.15) is 18.4 Å². The first-order valence-corrected chi connectivity index (χ1v) is 9.54. The highest BCUT2D eigenvalue weighted by Gasteiger charge is 2.40. The third kappa shape index (κ3) is 3.38. The molecule has 144 valence electrons. The number of carbonyl (C=O) groups excluding carboxylic acids is 3. The summed E-state index contributed by atoms with van der Waals surface area (Å²) in [5.41, 5.74) is 3.68. The highest BCUT2D eigenvalue weighted by atomic mass is 16.5. The highest BCUT2D eigenvalue weighted by molar-refractivity contribution is 6.05. The van der Waals surface area contributed by atoms with Gasteiger partial charge < -0.3 is 9.64 Å². The van der Waals surface area contributed by atoms with Gasteiger partial charge in [-0.1, -0.05) is 37.3 Å². The van der Waals surface area contributed by atoms with Crippen LogP contribution in [0.15, 0.2) is 42.5 Å². The number of aryl methyl sites for hydroxylation is 1. The lowest BCUT2D eigenvalue weighted by molar-refractivity contribution is -0.136. The lowest BCUT2D eigenvalue weighted by Crippen LogP contribution is -2.52. The van der Waals surface area contributed by atoms with Crippen molar-refractivity contribution in [1.29, 1.82) is 0 Å². The largest absolute Gasteiger partial charge is 0.489 e. The number of hydrogen-bond donors (Lipinski definition) is 1. The zero-order chi connectivity index (χ0) is 19.7. The van der Waals surface area contributed by atoms with Gasteiger partial charge in [-0.15, -0.1) is 0 Å². The Hall–Kier alpha value is -3.15. The van der Waals surface area contributed by atoms with E-state index < -0.39 is 11.9 Å². The maximum atomic E-state index is 12.8. The Kier molecular flexibility index (Phi) is 4.86. The van der Waals surface area contributed by atoms with Gasteiger partial charge in [0.25, 0.3) is 5.91 Å². The maximum Gasteiger partial charge on any atom is 0.255 e. The lowest BCUT2D eigenvalue weighted by atomic mass is 10.0. The molecule has 1 N–H and O–H groups in total. The summed E-state index contributed by atoms with van der Waals surface area (Å²) in [4.78, 5) is 37.9. The number of nitrogens with zero attached hydrogens (tertiary/aromatic N) is 1. The topological polar surface area (TPSA) is 75.7 Å². The molecule has 4 rings (SSSR count). The van der Waals surface area contributed by atoms with E-state index in [9.17, 15) is 14.4 Å². The molecule has 2 heterocycles. The molecule has 0 bridgehead atoms. The molecular formula is C22H22N2O4. The summed E-state index contributed by atoms with van der Waals surface area (Å²) in [5, 5.41) is 2.32. The van der Waals surface area contributed by atoms with E-state index in [2.05, 4.69) is 24.4 Å². The summed E-state index contributed by atoms with van der Waals surface area (Å²) in [7, 11) is 0. The number of amides is 3. The second kappa shape index (κ2) is 7.46. The van der Waals surface area contributed by atoms with Crippen LogP contribution in [0.5, 0.6) is 5.75 Å². The van der Waals surface area contributed by atoms with Crippen molar-refractivity contribution in [2.45, 2.75) is 45.4 Å². The van der Waals surface area contributed by atoms with Crippen LogP contribution in [0, 0.1) is 0 Å². The van der Waals surface area contributed by atoms with E-state index in [1.165, 1.54) is 10.5 Å². The number of piperidine rings is 1. The molecule has 0 unspecified atom stereocenters. The molecule has 2 aromatic carbocycles. The standard InChI is InChI=1S/C22H22N2O4/c1-2-14-6-8-15(9-7-14)13-28-19-5-3-4-16-17(19)12-24(22(16)27)18-10-11-20(25)23-21(18)26/h3-9,18H,2,10-13H2,1H3,(H,23,25,26)/t18-/m0/s1. The number of rotatable bonds is 5.